The summed E-state index contributed by atoms with van der Waals surface area (Å²) in [6.45, 7) is 0. The third-order valence-corrected chi connectivity index (χ3v) is 2.78. The lowest BCUT2D eigenvalue weighted by Crippen LogP contribution is -3.00. The van der Waals surface area contributed by atoms with Gasteiger partial charge in [0.05, 0.1) is 0 Å². The Labute approximate surface area is 113 Å². The van der Waals surface area contributed by atoms with Crippen LogP contribution in [-0.4, -0.2) is 5.71 Å². The summed E-state index contributed by atoms with van der Waals surface area (Å²) < 4.78 is 0. The van der Waals surface area contributed by atoms with E-state index in [9.17, 15) is 0 Å². The van der Waals surface area contributed by atoms with Crippen LogP contribution in [0, 0.1) is 0 Å². The predicted molar refractivity (Wildman–Crippen MR) is 69.2 cm³/mol. The van der Waals surface area contributed by atoms with Crippen LogP contribution in [0.1, 0.15) is 5.56 Å². The molecule has 0 amide bonds. The Morgan fingerprint density at radius 1 is 0.778 bits per heavy atom. The highest BCUT2D eigenvalue weighted by molar-refractivity contribution is 6.08. The number of rotatable bonds is 2. The smallest absolute Gasteiger partial charge is 0.162 e. The topological polar surface area (TPSA) is 16.8 Å². The average Bonchev–Trinajstić information content (AvgIpc) is 2.90. The molecule has 0 bridgehead atoms. The van der Waals surface area contributed by atoms with Crippen molar-refractivity contribution in [3.63, 3.8) is 0 Å². The monoisotopic (exact) mass is 256 g/mol. The van der Waals surface area contributed by atoms with Crippen LogP contribution < -0.4 is 17.4 Å². The molecule has 2 aromatic rings. The molecule has 0 radical (unpaired) electrons. The molecule has 0 aromatic heterocycles. The van der Waals surface area contributed by atoms with Crippen molar-refractivity contribution in [3.05, 3.63) is 78.5 Å². The quantitative estimate of drug-likeness (QED) is 0.720. The molecule has 1 unspecified atom stereocenters. The van der Waals surface area contributed by atoms with Crippen molar-refractivity contribution in [1.82, 2.24) is 0 Å². The first-order chi connectivity index (χ1) is 8.43. The molecule has 2 nitrogen and oxygen atoms in total. The van der Waals surface area contributed by atoms with Gasteiger partial charge in [0.1, 0.15) is 11.9 Å². The zero-order chi connectivity index (χ0) is 11.5. The first-order valence-electron chi connectivity index (χ1n) is 5.68. The van der Waals surface area contributed by atoms with E-state index in [0.717, 1.165) is 22.0 Å². The third-order valence-electron chi connectivity index (χ3n) is 2.78. The van der Waals surface area contributed by atoms with Crippen molar-refractivity contribution in [3.8, 4) is 0 Å². The molecule has 0 saturated heterocycles. The largest absolute Gasteiger partial charge is 1.00 e. The normalized spacial score (nSPS) is 17.1. The lowest BCUT2D eigenvalue weighted by Gasteiger charge is -2.02. The Bertz CT molecular complexity index is 562. The van der Waals surface area contributed by atoms with Gasteiger partial charge in [0, 0.05) is 23.8 Å². The van der Waals surface area contributed by atoms with Gasteiger partial charge in [-0.25, -0.2) is 0 Å². The molecule has 3 rings (SSSR count). The molecule has 1 heterocycles. The van der Waals surface area contributed by atoms with Gasteiger partial charge in [-0.15, -0.1) is 0 Å². The van der Waals surface area contributed by atoms with Gasteiger partial charge in [0.2, 0.25) is 0 Å². The maximum Gasteiger partial charge on any atom is 0.162 e. The third kappa shape index (κ3) is 2.50. The fraction of sp³-hybridized carbons (Fsp3) is 0. The van der Waals surface area contributed by atoms with Gasteiger partial charge in [-0.3, -0.25) is 0 Å². The van der Waals surface area contributed by atoms with Gasteiger partial charge in [-0.2, -0.15) is 5.01 Å². The first kappa shape index (κ1) is 12.6. The Morgan fingerprint density at radius 3 is 2.06 bits per heavy atom. The van der Waals surface area contributed by atoms with Crippen molar-refractivity contribution in [1.29, 1.82) is 0 Å². The van der Waals surface area contributed by atoms with Gasteiger partial charge in [-0.05, 0) is 0 Å². The number of nitrogens with zero attached hydrogens (tertiary/aromatic N) is 1. The van der Waals surface area contributed by atoms with Gasteiger partial charge in [0.15, 0.2) is 5.69 Å². The molecular formula is C15H13ClN2. The molecule has 0 aliphatic carbocycles. The van der Waals surface area contributed by atoms with Crippen molar-refractivity contribution in [2.75, 3.05) is 0 Å². The number of halogens is 1. The van der Waals surface area contributed by atoms with E-state index >= 15 is 0 Å². The zero-order valence-corrected chi connectivity index (χ0v) is 10.5. The maximum atomic E-state index is 4.65. The number of hydrogen-bond donors (Lipinski definition) is 1. The Balaban J connectivity index is 0.00000120. The highest BCUT2D eigenvalue weighted by Crippen LogP contribution is 2.06. The van der Waals surface area contributed by atoms with E-state index in [2.05, 4.69) is 41.6 Å². The average molecular weight is 257 g/mol. The molecule has 0 fully saturated rings. The number of allylic oxidation sites excluding steroid dienone is 1. The molecular weight excluding hydrogens is 244 g/mol. The second-order valence-electron chi connectivity index (χ2n) is 3.95. The molecule has 0 saturated carbocycles. The summed E-state index contributed by atoms with van der Waals surface area (Å²) in [5, 5.41) is 5.68. The van der Waals surface area contributed by atoms with Crippen LogP contribution in [-0.2, 0) is 0 Å². The first-order valence-corrected chi connectivity index (χ1v) is 5.68. The summed E-state index contributed by atoms with van der Waals surface area (Å²) in [5.74, 6) is 0. The number of quaternary nitrogens is 1. The summed E-state index contributed by atoms with van der Waals surface area (Å²) in [6, 6.07) is 20.5. The summed E-state index contributed by atoms with van der Waals surface area (Å²) in [6.07, 6.45) is 4.13. The second kappa shape index (κ2) is 5.63. The fourth-order valence-corrected chi connectivity index (χ4v) is 1.90. The van der Waals surface area contributed by atoms with Crippen molar-refractivity contribution < 1.29 is 17.4 Å². The molecule has 0 spiro atoms. The fourth-order valence-electron chi connectivity index (χ4n) is 1.90. The molecule has 3 heteroatoms. The van der Waals surface area contributed by atoms with E-state index in [1.54, 1.807) is 0 Å². The molecule has 90 valence electrons. The molecule has 1 aliphatic heterocycles. The Kier molecular flexibility index (Phi) is 3.92. The van der Waals surface area contributed by atoms with E-state index in [4.69, 9.17) is 0 Å². The SMILES string of the molecule is C1=C[NH+](c2ccccc2)N=C1c1ccccc1.[Cl-]. The van der Waals surface area contributed by atoms with Crippen molar-refractivity contribution >= 4 is 11.4 Å². The van der Waals surface area contributed by atoms with E-state index in [1.807, 2.05) is 36.4 Å². The Morgan fingerprint density at radius 2 is 1.39 bits per heavy atom. The summed E-state index contributed by atoms with van der Waals surface area (Å²) in [4.78, 5) is 0. The molecule has 1 atom stereocenters. The van der Waals surface area contributed by atoms with Gasteiger partial charge in [-0.1, -0.05) is 53.6 Å². The van der Waals surface area contributed by atoms with Crippen LogP contribution in [0.2, 0.25) is 0 Å². The van der Waals surface area contributed by atoms with Gasteiger partial charge < -0.3 is 12.4 Å². The van der Waals surface area contributed by atoms with E-state index < -0.39 is 0 Å². The second-order valence-corrected chi connectivity index (χ2v) is 3.95. The van der Waals surface area contributed by atoms with Gasteiger partial charge in [0.25, 0.3) is 0 Å². The minimum absolute atomic E-state index is 0. The highest BCUT2D eigenvalue weighted by Gasteiger charge is 2.16. The molecule has 18 heavy (non-hydrogen) atoms. The van der Waals surface area contributed by atoms with Crippen molar-refractivity contribution in [2.24, 2.45) is 5.10 Å². The van der Waals surface area contributed by atoms with Crippen LogP contribution in [0.5, 0.6) is 0 Å². The van der Waals surface area contributed by atoms with Crippen LogP contribution in [0.25, 0.3) is 0 Å². The minimum atomic E-state index is 0. The van der Waals surface area contributed by atoms with Crippen LogP contribution >= 0.6 is 0 Å². The van der Waals surface area contributed by atoms with E-state index in [-0.39, 0.29) is 12.4 Å². The molecule has 2 aromatic carbocycles. The standard InChI is InChI=1S/C15H12N2.ClH/c1-3-7-13(8-4-1)15-11-12-17(16-15)14-9-5-2-6-10-14;/h1-12H;1H. The van der Waals surface area contributed by atoms with Crippen LogP contribution in [0.3, 0.4) is 0 Å². The summed E-state index contributed by atoms with van der Waals surface area (Å²) in [7, 11) is 0. The number of nitrogens with one attached hydrogen (secondary N) is 1. The van der Waals surface area contributed by atoms with E-state index in [0.29, 0.717) is 0 Å². The maximum absolute atomic E-state index is 4.65. The summed E-state index contributed by atoms with van der Waals surface area (Å²) >= 11 is 0. The Hall–Kier alpha value is -1.90. The number of para-hydroxylation sites is 1. The highest BCUT2D eigenvalue weighted by atomic mass is 35.5. The van der Waals surface area contributed by atoms with Crippen molar-refractivity contribution in [2.45, 2.75) is 0 Å². The zero-order valence-electron chi connectivity index (χ0n) is 9.75. The van der Waals surface area contributed by atoms with Crippen LogP contribution in [0.15, 0.2) is 78.0 Å². The summed E-state index contributed by atoms with van der Waals surface area (Å²) in [5.41, 5.74) is 3.36. The van der Waals surface area contributed by atoms with E-state index in [1.165, 1.54) is 0 Å². The minimum Gasteiger partial charge on any atom is -1.00 e. The van der Waals surface area contributed by atoms with Gasteiger partial charge >= 0.3 is 0 Å². The molecule has 1 aliphatic rings. The molecule has 1 N–H and O–H groups in total. The van der Waals surface area contributed by atoms with Crippen LogP contribution in [0.4, 0.5) is 5.69 Å². The lowest BCUT2D eigenvalue weighted by atomic mass is 10.1. The predicted octanol–water partition coefficient (Wildman–Crippen LogP) is -0.861. The number of hydrogen-bond acceptors (Lipinski definition) is 1. The lowest BCUT2D eigenvalue weighted by molar-refractivity contribution is -0.779. The number of benzene rings is 2.